The quantitative estimate of drug-likeness (QED) is 0.809. The van der Waals surface area contributed by atoms with Gasteiger partial charge in [-0.2, -0.15) is 0 Å². The Morgan fingerprint density at radius 1 is 1.15 bits per heavy atom. The van der Waals surface area contributed by atoms with Crippen molar-refractivity contribution in [3.63, 3.8) is 0 Å². The van der Waals surface area contributed by atoms with E-state index in [1.54, 1.807) is 0 Å². The second-order valence-corrected chi connectivity index (χ2v) is 7.64. The number of aryl methyl sites for hydroxylation is 2. The van der Waals surface area contributed by atoms with Gasteiger partial charge in [0.15, 0.2) is 0 Å². The maximum Gasteiger partial charge on any atom is 0.238 e. The lowest BCUT2D eigenvalue weighted by atomic mass is 10.1. The lowest BCUT2D eigenvalue weighted by molar-refractivity contribution is -0.127. The van der Waals surface area contributed by atoms with Crippen molar-refractivity contribution in [2.45, 2.75) is 45.7 Å². The van der Waals surface area contributed by atoms with E-state index in [-0.39, 0.29) is 17.9 Å². The zero-order valence-corrected chi connectivity index (χ0v) is 16.0. The Morgan fingerprint density at radius 3 is 2.46 bits per heavy atom. The van der Waals surface area contributed by atoms with Gasteiger partial charge >= 0.3 is 0 Å². The van der Waals surface area contributed by atoms with Crippen molar-refractivity contribution in [2.24, 2.45) is 0 Å². The van der Waals surface area contributed by atoms with E-state index >= 15 is 0 Å². The van der Waals surface area contributed by atoms with E-state index in [2.05, 4.69) is 26.5 Å². The van der Waals surface area contributed by atoms with Crippen LogP contribution in [0.2, 0.25) is 0 Å². The minimum atomic E-state index is -0.0956. The van der Waals surface area contributed by atoms with E-state index in [4.69, 9.17) is 0 Å². The average Bonchev–Trinajstić information content (AvgIpc) is 3.41. The van der Waals surface area contributed by atoms with Gasteiger partial charge in [-0.05, 0) is 45.2 Å². The highest BCUT2D eigenvalue weighted by molar-refractivity contribution is 5.93. The van der Waals surface area contributed by atoms with Gasteiger partial charge in [0.2, 0.25) is 11.8 Å². The molecular formula is C20H30N4O2. The summed E-state index contributed by atoms with van der Waals surface area (Å²) in [6.07, 6.45) is 2.23. The summed E-state index contributed by atoms with van der Waals surface area (Å²) in [4.78, 5) is 28.9. The number of benzene rings is 1. The zero-order chi connectivity index (χ0) is 18.7. The predicted octanol–water partition coefficient (Wildman–Crippen LogP) is 1.53. The van der Waals surface area contributed by atoms with Crippen LogP contribution >= 0.6 is 0 Å². The number of hydrogen-bond acceptors (Lipinski definition) is 4. The molecule has 0 aromatic heterocycles. The highest BCUT2D eigenvalue weighted by atomic mass is 16.2. The van der Waals surface area contributed by atoms with Gasteiger partial charge in [-0.25, -0.2) is 0 Å². The highest BCUT2D eigenvalue weighted by Gasteiger charge is 2.30. The van der Waals surface area contributed by atoms with Crippen LogP contribution in [-0.4, -0.2) is 66.4 Å². The number of hydrogen-bond donors (Lipinski definition) is 2. The number of piperazine rings is 1. The number of amides is 2. The van der Waals surface area contributed by atoms with Gasteiger partial charge in [-0.1, -0.05) is 17.7 Å². The molecule has 0 unspecified atom stereocenters. The fourth-order valence-corrected chi connectivity index (χ4v) is 3.37. The largest absolute Gasteiger partial charge is 0.352 e. The molecule has 1 atom stereocenters. The van der Waals surface area contributed by atoms with Gasteiger partial charge in [0, 0.05) is 37.9 Å². The molecule has 0 bridgehead atoms. The Labute approximate surface area is 155 Å². The van der Waals surface area contributed by atoms with Gasteiger partial charge in [-0.3, -0.25) is 19.4 Å². The highest BCUT2D eigenvalue weighted by Crippen LogP contribution is 2.19. The van der Waals surface area contributed by atoms with Crippen molar-refractivity contribution in [1.29, 1.82) is 0 Å². The van der Waals surface area contributed by atoms with E-state index < -0.39 is 0 Å². The summed E-state index contributed by atoms with van der Waals surface area (Å²) >= 11 is 0. The summed E-state index contributed by atoms with van der Waals surface area (Å²) < 4.78 is 0. The molecule has 1 saturated carbocycles. The fourth-order valence-electron chi connectivity index (χ4n) is 3.37. The number of nitrogens with zero attached hydrogens (tertiary/aromatic N) is 2. The van der Waals surface area contributed by atoms with Crippen molar-refractivity contribution < 1.29 is 9.59 Å². The minimum absolute atomic E-state index is 0.0185. The molecule has 6 nitrogen and oxygen atoms in total. The molecule has 1 aliphatic heterocycles. The summed E-state index contributed by atoms with van der Waals surface area (Å²) in [5.74, 6) is 0.151. The van der Waals surface area contributed by atoms with Crippen LogP contribution in [-0.2, 0) is 9.59 Å². The van der Waals surface area contributed by atoms with Crippen molar-refractivity contribution in [1.82, 2.24) is 15.1 Å². The zero-order valence-electron chi connectivity index (χ0n) is 16.0. The maximum absolute atomic E-state index is 12.3. The Hall–Kier alpha value is -1.92. The summed E-state index contributed by atoms with van der Waals surface area (Å²) in [5, 5.41) is 6.08. The molecule has 0 radical (unpaired) electrons. The van der Waals surface area contributed by atoms with Crippen LogP contribution in [0.5, 0.6) is 0 Å². The fraction of sp³-hybridized carbons (Fsp3) is 0.600. The Balaban J connectivity index is 1.43. The maximum atomic E-state index is 12.3. The molecule has 2 fully saturated rings. The van der Waals surface area contributed by atoms with Gasteiger partial charge in [-0.15, -0.1) is 0 Å². The lowest BCUT2D eigenvalue weighted by Crippen LogP contribution is -2.55. The minimum Gasteiger partial charge on any atom is -0.352 e. The van der Waals surface area contributed by atoms with Gasteiger partial charge in [0.25, 0.3) is 0 Å². The van der Waals surface area contributed by atoms with Crippen molar-refractivity contribution in [2.75, 3.05) is 38.0 Å². The van der Waals surface area contributed by atoms with Crippen LogP contribution in [0.25, 0.3) is 0 Å². The molecule has 1 aromatic carbocycles. The van der Waals surface area contributed by atoms with E-state index in [1.807, 2.05) is 32.9 Å². The second-order valence-electron chi connectivity index (χ2n) is 7.64. The van der Waals surface area contributed by atoms with Crippen LogP contribution in [0.1, 0.15) is 30.9 Å². The monoisotopic (exact) mass is 358 g/mol. The third kappa shape index (κ3) is 5.05. The predicted molar refractivity (Wildman–Crippen MR) is 103 cm³/mol. The Kier molecular flexibility index (Phi) is 5.94. The number of carbonyl (C=O) groups is 2. The molecule has 0 spiro atoms. The van der Waals surface area contributed by atoms with E-state index in [0.29, 0.717) is 12.6 Å². The summed E-state index contributed by atoms with van der Waals surface area (Å²) in [6.45, 7) is 9.67. The lowest BCUT2D eigenvalue weighted by Gasteiger charge is -2.37. The number of nitrogens with one attached hydrogen (secondary N) is 2. The first-order valence-electron chi connectivity index (χ1n) is 9.56. The standard InChI is InChI=1S/C20H30N4O2/c1-14-4-7-18(15(2)12-14)22-19(25)13-23-8-10-24(11-9-23)16(3)20(26)21-17-5-6-17/h4,7,12,16-17H,5-6,8-11,13H2,1-3H3,(H,21,26)(H,22,25)/t16-/m1/s1. The van der Waals surface area contributed by atoms with Crippen LogP contribution in [0.15, 0.2) is 18.2 Å². The Bertz CT molecular complexity index is 664. The van der Waals surface area contributed by atoms with Crippen molar-refractivity contribution >= 4 is 17.5 Å². The first kappa shape index (κ1) is 18.9. The van der Waals surface area contributed by atoms with E-state index in [1.165, 1.54) is 5.56 Å². The molecule has 2 N–H and O–H groups in total. The molecule has 6 heteroatoms. The number of anilines is 1. The summed E-state index contributed by atoms with van der Waals surface area (Å²) in [6, 6.07) is 6.35. The smallest absolute Gasteiger partial charge is 0.238 e. The van der Waals surface area contributed by atoms with Crippen LogP contribution in [0.3, 0.4) is 0 Å². The molecule has 2 aliphatic rings. The van der Waals surface area contributed by atoms with Crippen molar-refractivity contribution in [3.8, 4) is 0 Å². The third-order valence-corrected chi connectivity index (χ3v) is 5.28. The average molecular weight is 358 g/mol. The summed E-state index contributed by atoms with van der Waals surface area (Å²) in [5.41, 5.74) is 3.15. The molecule has 1 heterocycles. The second kappa shape index (κ2) is 8.18. The molecule has 2 amide bonds. The molecule has 1 aromatic rings. The summed E-state index contributed by atoms with van der Waals surface area (Å²) in [7, 11) is 0. The molecule has 1 saturated heterocycles. The first-order chi connectivity index (χ1) is 12.4. The normalized spacial score (nSPS) is 19.8. The Morgan fingerprint density at radius 2 is 1.85 bits per heavy atom. The van der Waals surface area contributed by atoms with Crippen molar-refractivity contribution in [3.05, 3.63) is 29.3 Å². The first-order valence-corrected chi connectivity index (χ1v) is 9.56. The van der Waals surface area contributed by atoms with E-state index in [9.17, 15) is 9.59 Å². The number of carbonyl (C=O) groups excluding carboxylic acids is 2. The molecule has 3 rings (SSSR count). The molecule has 142 valence electrons. The van der Waals surface area contributed by atoms with Crippen LogP contribution in [0, 0.1) is 13.8 Å². The topological polar surface area (TPSA) is 64.7 Å². The van der Waals surface area contributed by atoms with Gasteiger partial charge < -0.3 is 10.6 Å². The van der Waals surface area contributed by atoms with Gasteiger partial charge in [0.1, 0.15) is 0 Å². The molecule has 26 heavy (non-hydrogen) atoms. The number of rotatable bonds is 6. The van der Waals surface area contributed by atoms with Crippen LogP contribution in [0.4, 0.5) is 5.69 Å². The third-order valence-electron chi connectivity index (χ3n) is 5.28. The molecular weight excluding hydrogens is 328 g/mol. The van der Waals surface area contributed by atoms with Gasteiger partial charge in [0.05, 0.1) is 12.6 Å². The van der Waals surface area contributed by atoms with E-state index in [0.717, 1.165) is 50.3 Å². The molecule has 1 aliphatic carbocycles. The SMILES string of the molecule is Cc1ccc(NC(=O)CN2CCN([C@H](C)C(=O)NC3CC3)CC2)c(C)c1. The van der Waals surface area contributed by atoms with Crippen LogP contribution < -0.4 is 10.6 Å².